The van der Waals surface area contributed by atoms with Crippen LogP contribution in [-0.2, 0) is 0 Å². The highest BCUT2D eigenvalue weighted by Gasteiger charge is 2.38. The second-order valence-electron chi connectivity index (χ2n) is 4.64. The molecule has 3 N–H and O–H groups in total. The maximum absolute atomic E-state index is 12.5. The van der Waals surface area contributed by atoms with E-state index >= 15 is 0 Å². The van der Waals surface area contributed by atoms with Gasteiger partial charge in [0.25, 0.3) is 0 Å². The van der Waals surface area contributed by atoms with Gasteiger partial charge in [0.05, 0.1) is 5.02 Å². The number of alkyl halides is 6. The van der Waals surface area contributed by atoms with Crippen LogP contribution in [0.3, 0.4) is 0 Å². The first kappa shape index (κ1) is 19.2. The number of rotatable bonds is 4. The van der Waals surface area contributed by atoms with Crippen LogP contribution >= 0.6 is 11.6 Å². The molecule has 130 valence electrons. The Morgan fingerprint density at radius 3 is 2.04 bits per heavy atom. The van der Waals surface area contributed by atoms with Crippen LogP contribution < -0.4 is 10.6 Å². The first-order valence-electron chi connectivity index (χ1n) is 6.01. The molecule has 0 spiro atoms. The molecule has 0 heterocycles. The molecule has 11 heteroatoms. The summed E-state index contributed by atoms with van der Waals surface area (Å²) >= 11 is 5.90. The van der Waals surface area contributed by atoms with Crippen LogP contribution in [0, 0.1) is 6.92 Å². The van der Waals surface area contributed by atoms with Crippen molar-refractivity contribution in [2.24, 2.45) is 10.9 Å². The van der Waals surface area contributed by atoms with Gasteiger partial charge in [0.1, 0.15) is 13.1 Å². The van der Waals surface area contributed by atoms with Crippen LogP contribution in [0.15, 0.2) is 17.3 Å². The molecule has 0 atom stereocenters. The van der Waals surface area contributed by atoms with E-state index in [1.807, 2.05) is 0 Å². The van der Waals surface area contributed by atoms with Crippen molar-refractivity contribution >= 4 is 23.1 Å². The number of nitrogens with zero attached hydrogens (tertiary/aromatic N) is 2. The summed E-state index contributed by atoms with van der Waals surface area (Å²) in [6.45, 7) is -2.36. The summed E-state index contributed by atoms with van der Waals surface area (Å²) in [5.41, 5.74) is 4.93. The maximum Gasteiger partial charge on any atom is 0.405 e. The van der Waals surface area contributed by atoms with Gasteiger partial charge in [0.15, 0.2) is 5.84 Å². The van der Waals surface area contributed by atoms with E-state index < -0.39 is 31.3 Å². The van der Waals surface area contributed by atoms with Gasteiger partial charge < -0.3 is 15.8 Å². The smallest absolute Gasteiger partial charge is 0.405 e. The molecule has 4 nitrogen and oxygen atoms in total. The van der Waals surface area contributed by atoms with E-state index in [0.717, 1.165) is 12.1 Å². The molecule has 23 heavy (non-hydrogen) atoms. The zero-order valence-corrected chi connectivity index (χ0v) is 12.4. The number of amidine groups is 1. The second-order valence-corrected chi connectivity index (χ2v) is 5.02. The Morgan fingerprint density at radius 1 is 1.17 bits per heavy atom. The number of benzene rings is 1. The van der Waals surface area contributed by atoms with E-state index in [4.69, 9.17) is 22.5 Å². The van der Waals surface area contributed by atoms with Gasteiger partial charge in [-0.1, -0.05) is 16.8 Å². The Kier molecular flexibility index (Phi) is 5.62. The van der Waals surface area contributed by atoms with E-state index in [0.29, 0.717) is 0 Å². The third kappa shape index (κ3) is 5.38. The standard InChI is InChI=1S/C12H12ClF6N3O/c1-6-8(3-2-7(9(6)13)10(20)21-23)22(4-11(14,15)16)5-12(17,18)19/h2-3,23H,4-5H2,1H3,(H2,20,21). The summed E-state index contributed by atoms with van der Waals surface area (Å²) in [4.78, 5) is 0.122. The minimum Gasteiger partial charge on any atom is -0.409 e. The molecule has 0 unspecified atom stereocenters. The summed E-state index contributed by atoms with van der Waals surface area (Å²) in [5.74, 6) is -0.414. The third-order valence-electron chi connectivity index (χ3n) is 2.82. The second kappa shape index (κ2) is 6.73. The molecule has 0 bridgehead atoms. The van der Waals surface area contributed by atoms with Gasteiger partial charge in [-0.05, 0) is 24.6 Å². The summed E-state index contributed by atoms with van der Waals surface area (Å²) in [7, 11) is 0. The van der Waals surface area contributed by atoms with Crippen LogP contribution in [-0.4, -0.2) is 36.5 Å². The molecule has 1 rings (SSSR count). The van der Waals surface area contributed by atoms with Gasteiger partial charge in [-0.2, -0.15) is 26.3 Å². The predicted octanol–water partition coefficient (Wildman–Crippen LogP) is 3.67. The molecule has 0 aromatic heterocycles. The molecule has 0 fully saturated rings. The number of halogens is 7. The van der Waals surface area contributed by atoms with Crippen LogP contribution in [0.4, 0.5) is 32.0 Å². The maximum atomic E-state index is 12.5. The molecular formula is C12H12ClF6N3O. The lowest BCUT2D eigenvalue weighted by molar-refractivity contribution is -0.137. The normalized spacial score (nSPS) is 13.3. The Hall–Kier alpha value is -1.84. The number of hydrogen-bond acceptors (Lipinski definition) is 3. The summed E-state index contributed by atoms with van der Waals surface area (Å²) in [6, 6.07) is 2.09. The van der Waals surface area contributed by atoms with Crippen molar-refractivity contribution in [3.8, 4) is 0 Å². The molecule has 0 aliphatic heterocycles. The van der Waals surface area contributed by atoms with Gasteiger partial charge in [-0.15, -0.1) is 0 Å². The van der Waals surface area contributed by atoms with Gasteiger partial charge in [0.2, 0.25) is 0 Å². The number of oxime groups is 1. The Labute approximate surface area is 132 Å². The summed E-state index contributed by atoms with van der Waals surface area (Å²) in [6.07, 6.45) is -9.68. The van der Waals surface area contributed by atoms with Crippen molar-refractivity contribution < 1.29 is 31.5 Å². The lowest BCUT2D eigenvalue weighted by Crippen LogP contribution is -2.41. The van der Waals surface area contributed by atoms with Crippen molar-refractivity contribution in [2.45, 2.75) is 19.3 Å². The monoisotopic (exact) mass is 363 g/mol. The van der Waals surface area contributed by atoms with Gasteiger partial charge in [-0.25, -0.2) is 0 Å². The van der Waals surface area contributed by atoms with Crippen molar-refractivity contribution in [2.75, 3.05) is 18.0 Å². The van der Waals surface area contributed by atoms with E-state index in [1.165, 1.54) is 6.92 Å². The van der Waals surface area contributed by atoms with Crippen LogP contribution in [0.25, 0.3) is 0 Å². The van der Waals surface area contributed by atoms with Crippen molar-refractivity contribution in [1.29, 1.82) is 0 Å². The van der Waals surface area contributed by atoms with E-state index in [2.05, 4.69) is 5.16 Å². The van der Waals surface area contributed by atoms with E-state index in [1.54, 1.807) is 0 Å². The molecule has 0 radical (unpaired) electrons. The molecule has 0 amide bonds. The molecule has 0 aliphatic carbocycles. The topological polar surface area (TPSA) is 61.8 Å². The quantitative estimate of drug-likeness (QED) is 0.282. The minimum atomic E-state index is -4.84. The van der Waals surface area contributed by atoms with Crippen LogP contribution in [0.2, 0.25) is 5.02 Å². The fourth-order valence-electron chi connectivity index (χ4n) is 1.93. The van der Waals surface area contributed by atoms with Crippen molar-refractivity contribution in [3.63, 3.8) is 0 Å². The molecule has 1 aromatic carbocycles. The number of hydrogen-bond donors (Lipinski definition) is 2. The fourth-order valence-corrected chi connectivity index (χ4v) is 2.18. The first-order valence-corrected chi connectivity index (χ1v) is 6.39. The number of nitrogens with two attached hydrogens (primary N) is 1. The molecule has 0 saturated heterocycles. The fraction of sp³-hybridized carbons (Fsp3) is 0.417. The summed E-state index contributed by atoms with van der Waals surface area (Å²) < 4.78 is 75.3. The highest BCUT2D eigenvalue weighted by atomic mass is 35.5. The molecule has 0 aliphatic rings. The molecule has 1 aromatic rings. The van der Waals surface area contributed by atoms with E-state index in [9.17, 15) is 26.3 Å². The molecule has 0 saturated carbocycles. The Bertz CT molecular complexity index is 584. The Morgan fingerprint density at radius 2 is 1.65 bits per heavy atom. The van der Waals surface area contributed by atoms with Gasteiger partial charge >= 0.3 is 12.4 Å². The third-order valence-corrected chi connectivity index (χ3v) is 3.31. The lowest BCUT2D eigenvalue weighted by Gasteiger charge is -2.29. The highest BCUT2D eigenvalue weighted by molar-refractivity contribution is 6.35. The van der Waals surface area contributed by atoms with Crippen molar-refractivity contribution in [1.82, 2.24) is 0 Å². The van der Waals surface area contributed by atoms with Gasteiger partial charge in [-0.3, -0.25) is 0 Å². The summed E-state index contributed by atoms with van der Waals surface area (Å²) in [5, 5.41) is 11.1. The lowest BCUT2D eigenvalue weighted by atomic mass is 10.1. The first-order chi connectivity index (χ1) is 10.4. The van der Waals surface area contributed by atoms with E-state index in [-0.39, 0.29) is 26.7 Å². The average molecular weight is 364 g/mol. The SMILES string of the molecule is Cc1c(N(CC(F)(F)F)CC(F)(F)F)ccc(/C(N)=N\O)c1Cl. The number of anilines is 1. The average Bonchev–Trinajstić information content (AvgIpc) is 2.37. The largest absolute Gasteiger partial charge is 0.409 e. The predicted molar refractivity (Wildman–Crippen MR) is 73.0 cm³/mol. The minimum absolute atomic E-state index is 0.00520. The zero-order valence-electron chi connectivity index (χ0n) is 11.6. The Balaban J connectivity index is 3.34. The van der Waals surface area contributed by atoms with Crippen molar-refractivity contribution in [3.05, 3.63) is 28.3 Å². The van der Waals surface area contributed by atoms with Gasteiger partial charge in [0, 0.05) is 11.3 Å². The zero-order chi connectivity index (χ0) is 18.0. The highest BCUT2D eigenvalue weighted by Crippen LogP contribution is 2.33. The molecular weight excluding hydrogens is 352 g/mol. The van der Waals surface area contributed by atoms with Crippen LogP contribution in [0.5, 0.6) is 0 Å². The van der Waals surface area contributed by atoms with Crippen LogP contribution in [0.1, 0.15) is 11.1 Å².